The lowest BCUT2D eigenvalue weighted by Crippen LogP contribution is -2.56. The minimum absolute atomic E-state index is 0.0475. The number of aliphatic hydroxyl groups is 1. The zero-order chi connectivity index (χ0) is 20.3. The van der Waals surface area contributed by atoms with Crippen LogP contribution >= 0.6 is 0 Å². The molecule has 0 amide bonds. The molecule has 0 aromatic heterocycles. The van der Waals surface area contributed by atoms with Crippen LogP contribution in [-0.2, 0) is 4.79 Å². The zero-order valence-corrected chi connectivity index (χ0v) is 19.0. The lowest BCUT2D eigenvalue weighted by molar-refractivity contribution is -0.150. The van der Waals surface area contributed by atoms with Gasteiger partial charge in [0.25, 0.3) is 0 Å². The lowest BCUT2D eigenvalue weighted by atomic mass is 9.42. The van der Waals surface area contributed by atoms with Gasteiger partial charge in [-0.15, -0.1) is 0 Å². The average Bonchev–Trinajstić information content (AvgIpc) is 2.98. The Morgan fingerprint density at radius 2 is 1.71 bits per heavy atom. The fraction of sp³-hybridized carbons (Fsp3) is 0.962. The molecule has 1 N–H and O–H groups in total. The van der Waals surface area contributed by atoms with E-state index in [1.165, 1.54) is 38.5 Å². The van der Waals surface area contributed by atoms with Crippen LogP contribution in [0, 0.1) is 52.3 Å². The number of rotatable bonds is 4. The number of carbonyl (C=O) groups is 1. The first-order valence-electron chi connectivity index (χ1n) is 12.3. The van der Waals surface area contributed by atoms with Crippen molar-refractivity contribution in [1.82, 2.24) is 0 Å². The van der Waals surface area contributed by atoms with E-state index in [1.807, 2.05) is 0 Å². The van der Waals surface area contributed by atoms with Gasteiger partial charge in [0.05, 0.1) is 6.10 Å². The third kappa shape index (κ3) is 3.21. The number of hydrogen-bond acceptors (Lipinski definition) is 2. The summed E-state index contributed by atoms with van der Waals surface area (Å²) in [6.45, 7) is 11.9. The monoisotopic (exact) mass is 388 g/mol. The largest absolute Gasteiger partial charge is 0.393 e. The molecule has 0 aromatic rings. The molecule has 0 radical (unpaired) electrons. The molecule has 10 unspecified atom stereocenters. The molecule has 2 nitrogen and oxygen atoms in total. The van der Waals surface area contributed by atoms with Crippen molar-refractivity contribution in [2.75, 3.05) is 0 Å². The van der Waals surface area contributed by atoms with Gasteiger partial charge in [0.1, 0.15) is 5.78 Å². The van der Waals surface area contributed by atoms with Crippen molar-refractivity contribution in [3.63, 3.8) is 0 Å². The van der Waals surface area contributed by atoms with Crippen molar-refractivity contribution in [3.8, 4) is 0 Å². The Labute approximate surface area is 173 Å². The van der Waals surface area contributed by atoms with Gasteiger partial charge in [0, 0.05) is 6.42 Å². The number of hydrogen-bond donors (Lipinski definition) is 1. The van der Waals surface area contributed by atoms with Gasteiger partial charge in [-0.25, -0.2) is 0 Å². The Morgan fingerprint density at radius 1 is 1.04 bits per heavy atom. The normalized spacial score (nSPS) is 51.7. The summed E-state index contributed by atoms with van der Waals surface area (Å²) in [7, 11) is 0. The fourth-order valence-corrected chi connectivity index (χ4v) is 9.22. The van der Waals surface area contributed by atoms with E-state index in [9.17, 15) is 9.90 Å². The molecule has 28 heavy (non-hydrogen) atoms. The van der Waals surface area contributed by atoms with Crippen LogP contribution in [0.4, 0.5) is 0 Å². The van der Waals surface area contributed by atoms with Crippen LogP contribution in [0.1, 0.15) is 98.8 Å². The summed E-state index contributed by atoms with van der Waals surface area (Å²) >= 11 is 0. The summed E-state index contributed by atoms with van der Waals surface area (Å²) in [5.41, 5.74) is 0.957. The Balaban J connectivity index is 1.55. The van der Waals surface area contributed by atoms with E-state index in [0.717, 1.165) is 61.2 Å². The molecule has 0 aliphatic heterocycles. The summed E-state index contributed by atoms with van der Waals surface area (Å²) < 4.78 is 0. The SMILES string of the molecule is CC(=O)CCC(C)C1CCC2C3C(C)CC4CC(O)CCC4(C)C3CCC12C. The van der Waals surface area contributed by atoms with Crippen molar-refractivity contribution in [3.05, 3.63) is 0 Å². The van der Waals surface area contributed by atoms with Gasteiger partial charge >= 0.3 is 0 Å². The standard InChI is InChI=1S/C26H44O2/c1-16(6-7-18(3)27)21-8-9-22-24-17(2)14-19-15-20(28)10-12-25(19,4)23(24)11-13-26(21,22)5/h16-17,19-24,28H,6-15H2,1-5H3. The first-order valence-corrected chi connectivity index (χ1v) is 12.3. The molecule has 0 saturated heterocycles. The van der Waals surface area contributed by atoms with Crippen LogP contribution in [0.15, 0.2) is 0 Å². The van der Waals surface area contributed by atoms with E-state index >= 15 is 0 Å². The van der Waals surface area contributed by atoms with E-state index in [1.54, 1.807) is 6.92 Å². The lowest BCUT2D eigenvalue weighted by Gasteiger charge is -2.63. The zero-order valence-electron chi connectivity index (χ0n) is 19.0. The van der Waals surface area contributed by atoms with Crippen molar-refractivity contribution < 1.29 is 9.90 Å². The highest BCUT2D eigenvalue weighted by Gasteiger charge is 2.62. The molecule has 10 atom stereocenters. The molecule has 4 aliphatic carbocycles. The minimum Gasteiger partial charge on any atom is -0.393 e. The third-order valence-corrected chi connectivity index (χ3v) is 10.7. The third-order valence-electron chi connectivity index (χ3n) is 10.7. The molecule has 4 rings (SSSR count). The van der Waals surface area contributed by atoms with Crippen molar-refractivity contribution in [1.29, 1.82) is 0 Å². The summed E-state index contributed by atoms with van der Waals surface area (Å²) in [6.07, 6.45) is 12.1. The number of fused-ring (bicyclic) bond motifs is 5. The highest BCUT2D eigenvalue weighted by atomic mass is 16.3. The van der Waals surface area contributed by atoms with Crippen LogP contribution in [0.3, 0.4) is 0 Å². The van der Waals surface area contributed by atoms with E-state index in [0.29, 0.717) is 22.5 Å². The predicted octanol–water partition coefficient (Wildman–Crippen LogP) is 6.26. The van der Waals surface area contributed by atoms with Gasteiger partial charge in [-0.2, -0.15) is 0 Å². The van der Waals surface area contributed by atoms with Gasteiger partial charge in [-0.3, -0.25) is 0 Å². The summed E-state index contributed by atoms with van der Waals surface area (Å²) in [6, 6.07) is 0. The Morgan fingerprint density at radius 3 is 2.43 bits per heavy atom. The molecule has 4 saturated carbocycles. The highest BCUT2D eigenvalue weighted by molar-refractivity contribution is 5.75. The maximum absolute atomic E-state index is 11.5. The molecule has 4 fully saturated rings. The Bertz CT molecular complexity index is 599. The molecule has 2 heteroatoms. The molecule has 0 aromatic carbocycles. The van der Waals surface area contributed by atoms with Crippen molar-refractivity contribution in [2.45, 2.75) is 105 Å². The highest BCUT2D eigenvalue weighted by Crippen LogP contribution is 2.69. The molecule has 0 spiro atoms. The number of carbonyl (C=O) groups excluding carboxylic acids is 1. The summed E-state index contributed by atoms with van der Waals surface area (Å²) in [5.74, 6) is 6.04. The number of Topliss-reactive ketones (excluding diaryl/α,β-unsaturated/α-hetero) is 1. The second-order valence-electron chi connectivity index (χ2n) is 12.1. The molecule has 0 bridgehead atoms. The average molecular weight is 389 g/mol. The topological polar surface area (TPSA) is 37.3 Å². The molecule has 0 heterocycles. The maximum atomic E-state index is 11.5. The van der Waals surface area contributed by atoms with Gasteiger partial charge in [0.15, 0.2) is 0 Å². The molecule has 160 valence electrons. The van der Waals surface area contributed by atoms with Gasteiger partial charge in [-0.05, 0) is 117 Å². The molecular weight excluding hydrogens is 344 g/mol. The van der Waals surface area contributed by atoms with E-state index in [-0.39, 0.29) is 6.10 Å². The number of aliphatic hydroxyl groups excluding tert-OH is 1. The summed E-state index contributed by atoms with van der Waals surface area (Å²) in [5, 5.41) is 10.3. The fourth-order valence-electron chi connectivity index (χ4n) is 9.22. The van der Waals surface area contributed by atoms with Crippen molar-refractivity contribution in [2.24, 2.45) is 52.3 Å². The smallest absolute Gasteiger partial charge is 0.129 e. The van der Waals surface area contributed by atoms with Gasteiger partial charge in [0.2, 0.25) is 0 Å². The van der Waals surface area contributed by atoms with Gasteiger partial charge in [-0.1, -0.05) is 27.7 Å². The quantitative estimate of drug-likeness (QED) is 0.617. The first-order chi connectivity index (χ1) is 13.2. The van der Waals surface area contributed by atoms with Crippen LogP contribution in [-0.4, -0.2) is 17.0 Å². The first kappa shape index (κ1) is 20.9. The minimum atomic E-state index is -0.0475. The van der Waals surface area contributed by atoms with Gasteiger partial charge < -0.3 is 9.90 Å². The Kier molecular flexibility index (Phi) is 5.52. The van der Waals surface area contributed by atoms with E-state index in [4.69, 9.17) is 0 Å². The number of ketones is 1. The van der Waals surface area contributed by atoms with Crippen molar-refractivity contribution >= 4 is 5.78 Å². The second kappa shape index (κ2) is 7.40. The molecule has 4 aliphatic rings. The van der Waals surface area contributed by atoms with E-state index < -0.39 is 0 Å². The maximum Gasteiger partial charge on any atom is 0.129 e. The van der Waals surface area contributed by atoms with Crippen LogP contribution in [0.5, 0.6) is 0 Å². The van der Waals surface area contributed by atoms with Crippen LogP contribution in [0.25, 0.3) is 0 Å². The van der Waals surface area contributed by atoms with E-state index in [2.05, 4.69) is 27.7 Å². The predicted molar refractivity (Wildman–Crippen MR) is 115 cm³/mol. The molecular formula is C26H44O2. The second-order valence-corrected chi connectivity index (χ2v) is 12.1. The summed E-state index contributed by atoms with van der Waals surface area (Å²) in [4.78, 5) is 11.5. The van der Waals surface area contributed by atoms with Crippen LogP contribution < -0.4 is 0 Å². The Hall–Kier alpha value is -0.370. The van der Waals surface area contributed by atoms with Crippen LogP contribution in [0.2, 0.25) is 0 Å².